The van der Waals surface area contributed by atoms with Crippen LogP contribution in [-0.2, 0) is 4.79 Å². The highest BCUT2D eigenvalue weighted by Gasteiger charge is 2.50. The average molecular weight is 371 g/mol. The minimum absolute atomic E-state index is 0.314. The van der Waals surface area contributed by atoms with Crippen molar-refractivity contribution in [2.45, 2.75) is 13.3 Å². The summed E-state index contributed by atoms with van der Waals surface area (Å²) in [6.07, 6.45) is 2.48. The summed E-state index contributed by atoms with van der Waals surface area (Å²) in [6.45, 7) is 1.99. The molecule has 0 aliphatic carbocycles. The van der Waals surface area contributed by atoms with Gasteiger partial charge in [0.25, 0.3) is 11.7 Å². The standard InChI is InChI=1S/C19H22N4O4/c1-6-11-10-20-17-15(18(24)23(3)19(25)22(17)2)16(11)21-13-8-7-12(26-4)9-14(13)27-5/h7-10,15H,6H2,1-5H3/p+1. The Bertz CT molecular complexity index is 888. The van der Waals surface area contributed by atoms with Crippen LogP contribution < -0.4 is 14.5 Å². The molecule has 8 heteroatoms. The van der Waals surface area contributed by atoms with E-state index in [1.165, 1.54) is 11.9 Å². The number of urea groups is 1. The van der Waals surface area contributed by atoms with Gasteiger partial charge in [-0.15, -0.1) is 0 Å². The Morgan fingerprint density at radius 3 is 2.52 bits per heavy atom. The van der Waals surface area contributed by atoms with Gasteiger partial charge in [-0.3, -0.25) is 4.79 Å². The molecule has 1 N–H and O–H groups in total. The number of amidine groups is 1. The van der Waals surface area contributed by atoms with Crippen molar-refractivity contribution in [1.29, 1.82) is 0 Å². The topological polar surface area (TPSA) is 85.4 Å². The lowest BCUT2D eigenvalue weighted by Gasteiger charge is -2.32. The van der Waals surface area contributed by atoms with Gasteiger partial charge in [0.2, 0.25) is 0 Å². The number of nitrogens with zero attached hydrogens (tertiary/aromatic N) is 3. The number of hydrogen-bond acceptors (Lipinski definition) is 5. The summed E-state index contributed by atoms with van der Waals surface area (Å²) in [5.74, 6) is 0.707. The highest BCUT2D eigenvalue weighted by Crippen LogP contribution is 2.34. The van der Waals surface area contributed by atoms with Gasteiger partial charge in [-0.1, -0.05) is 6.92 Å². The summed E-state index contributed by atoms with van der Waals surface area (Å²) in [6, 6.07) is 4.93. The first-order valence-electron chi connectivity index (χ1n) is 8.61. The smallest absolute Gasteiger partial charge is 0.417 e. The Morgan fingerprint density at radius 2 is 1.89 bits per heavy atom. The lowest BCUT2D eigenvalue weighted by Crippen LogP contribution is -2.80. The molecule has 8 nitrogen and oxygen atoms in total. The third-order valence-corrected chi connectivity index (χ3v) is 4.79. The van der Waals surface area contributed by atoms with Crippen molar-refractivity contribution >= 4 is 29.2 Å². The quantitative estimate of drug-likeness (QED) is 0.844. The molecule has 1 aromatic rings. The van der Waals surface area contributed by atoms with Gasteiger partial charge in [0.15, 0.2) is 5.92 Å². The average Bonchev–Trinajstić information content (AvgIpc) is 2.70. The van der Waals surface area contributed by atoms with Crippen LogP contribution in [0.3, 0.4) is 0 Å². The Hall–Kier alpha value is -3.16. The van der Waals surface area contributed by atoms with Gasteiger partial charge in [-0.05, 0) is 18.6 Å². The van der Waals surface area contributed by atoms with Gasteiger partial charge in [-0.2, -0.15) is 4.90 Å². The van der Waals surface area contributed by atoms with E-state index in [4.69, 9.17) is 14.5 Å². The van der Waals surface area contributed by atoms with E-state index in [1.807, 2.05) is 6.92 Å². The van der Waals surface area contributed by atoms with Gasteiger partial charge in [0, 0.05) is 18.7 Å². The molecule has 1 atom stereocenters. The number of amides is 3. The zero-order valence-corrected chi connectivity index (χ0v) is 16.1. The second-order valence-electron chi connectivity index (χ2n) is 6.26. The molecule has 27 heavy (non-hydrogen) atoms. The summed E-state index contributed by atoms with van der Waals surface area (Å²) in [4.78, 5) is 35.6. The molecule has 1 aromatic carbocycles. The van der Waals surface area contributed by atoms with E-state index in [0.717, 1.165) is 10.5 Å². The number of allylic oxidation sites excluding steroid dienone is 1. The Morgan fingerprint density at radius 1 is 1.15 bits per heavy atom. The van der Waals surface area contributed by atoms with Crippen LogP contribution in [0.4, 0.5) is 10.5 Å². The number of fused-ring (bicyclic) bond motifs is 1. The van der Waals surface area contributed by atoms with Crippen molar-refractivity contribution in [3.05, 3.63) is 30.0 Å². The Labute approximate surface area is 157 Å². The number of ether oxygens (including phenoxy) is 2. The summed E-state index contributed by atoms with van der Waals surface area (Å²) in [5.41, 5.74) is 2.08. The lowest BCUT2D eigenvalue weighted by molar-refractivity contribution is -0.383. The number of rotatable bonds is 4. The number of methoxy groups -OCH3 is 2. The van der Waals surface area contributed by atoms with E-state index in [2.05, 4.69) is 4.99 Å². The van der Waals surface area contributed by atoms with Gasteiger partial charge < -0.3 is 9.47 Å². The van der Waals surface area contributed by atoms with Crippen molar-refractivity contribution in [2.24, 2.45) is 10.9 Å². The molecule has 0 radical (unpaired) electrons. The fourth-order valence-corrected chi connectivity index (χ4v) is 3.20. The second kappa shape index (κ2) is 7.22. The van der Waals surface area contributed by atoms with Crippen LogP contribution in [0.2, 0.25) is 0 Å². The largest absolute Gasteiger partial charge is 0.497 e. The Kier molecular flexibility index (Phi) is 4.98. The molecule has 3 rings (SSSR count). The number of hydrogen-bond donors (Lipinski definition) is 1. The van der Waals surface area contributed by atoms with Crippen molar-refractivity contribution < 1.29 is 24.1 Å². The lowest BCUT2D eigenvalue weighted by atomic mass is 9.89. The van der Waals surface area contributed by atoms with Gasteiger partial charge in [0.05, 0.1) is 33.2 Å². The zero-order valence-electron chi connectivity index (χ0n) is 16.1. The SMILES string of the molecule is CCC1=C[NH+]=C2C(C(=O)N(C)C(=O)N2C)C1=Nc1ccc(OC)cc1OC. The predicted molar refractivity (Wildman–Crippen MR) is 100 cm³/mol. The normalized spacial score (nSPS) is 21.1. The van der Waals surface area contributed by atoms with Crippen LogP contribution >= 0.6 is 0 Å². The first-order valence-corrected chi connectivity index (χ1v) is 8.61. The minimum Gasteiger partial charge on any atom is -0.497 e. The number of imide groups is 1. The molecule has 142 valence electrons. The number of nitrogens with one attached hydrogen (secondary N) is 1. The van der Waals surface area contributed by atoms with Crippen molar-refractivity contribution in [1.82, 2.24) is 9.80 Å². The van der Waals surface area contributed by atoms with E-state index in [1.54, 1.807) is 45.7 Å². The summed E-state index contributed by atoms with van der Waals surface area (Å²) >= 11 is 0. The van der Waals surface area contributed by atoms with Crippen LogP contribution in [0.1, 0.15) is 13.3 Å². The van der Waals surface area contributed by atoms with Crippen molar-refractivity contribution in [2.75, 3.05) is 28.3 Å². The molecular formula is C19H23N4O4+. The maximum atomic E-state index is 12.9. The summed E-state index contributed by atoms with van der Waals surface area (Å²) < 4.78 is 10.7. The van der Waals surface area contributed by atoms with E-state index in [-0.39, 0.29) is 11.9 Å². The highest BCUT2D eigenvalue weighted by atomic mass is 16.5. The molecule has 1 saturated heterocycles. The summed E-state index contributed by atoms with van der Waals surface area (Å²) in [5, 5.41) is 0. The summed E-state index contributed by atoms with van der Waals surface area (Å²) in [7, 11) is 6.25. The molecule has 3 amide bonds. The third-order valence-electron chi connectivity index (χ3n) is 4.79. The molecular weight excluding hydrogens is 348 g/mol. The maximum absolute atomic E-state index is 12.9. The molecule has 0 spiro atoms. The third kappa shape index (κ3) is 3.07. The molecule has 2 heterocycles. The van der Waals surface area contributed by atoms with Crippen LogP contribution in [0.5, 0.6) is 11.5 Å². The number of carbonyl (C=O) groups excluding carboxylic acids is 2. The van der Waals surface area contributed by atoms with E-state index in [0.29, 0.717) is 35.2 Å². The molecule has 1 fully saturated rings. The van der Waals surface area contributed by atoms with E-state index < -0.39 is 5.92 Å². The van der Waals surface area contributed by atoms with Crippen LogP contribution in [-0.4, -0.2) is 61.6 Å². The number of benzene rings is 1. The van der Waals surface area contributed by atoms with Crippen molar-refractivity contribution in [3.8, 4) is 11.5 Å². The first kappa shape index (κ1) is 18.6. The van der Waals surface area contributed by atoms with Crippen molar-refractivity contribution in [3.63, 3.8) is 0 Å². The minimum atomic E-state index is -0.676. The van der Waals surface area contributed by atoms with Gasteiger partial charge in [0.1, 0.15) is 17.2 Å². The molecule has 0 bridgehead atoms. The monoisotopic (exact) mass is 371 g/mol. The predicted octanol–water partition coefficient (Wildman–Crippen LogP) is 0.703. The van der Waals surface area contributed by atoms with Gasteiger partial charge in [-0.25, -0.2) is 19.7 Å². The van der Waals surface area contributed by atoms with Crippen LogP contribution in [0.25, 0.3) is 0 Å². The van der Waals surface area contributed by atoms with E-state index in [9.17, 15) is 9.59 Å². The fraction of sp³-hybridized carbons (Fsp3) is 0.368. The number of aliphatic imine (C=N–C) groups is 1. The molecule has 2 aliphatic rings. The van der Waals surface area contributed by atoms with Gasteiger partial charge >= 0.3 is 6.03 Å². The molecule has 0 saturated carbocycles. The van der Waals surface area contributed by atoms with Crippen LogP contribution in [0, 0.1) is 5.92 Å². The molecule has 0 aromatic heterocycles. The zero-order chi connectivity index (χ0) is 19.7. The molecule has 2 aliphatic heterocycles. The second-order valence-corrected chi connectivity index (χ2v) is 6.26. The first-order chi connectivity index (χ1) is 12.9. The molecule has 1 unspecified atom stereocenters. The highest BCUT2D eigenvalue weighted by molar-refractivity contribution is 6.31. The van der Waals surface area contributed by atoms with E-state index >= 15 is 0 Å². The van der Waals surface area contributed by atoms with Crippen LogP contribution in [0.15, 0.2) is 35.0 Å². The Balaban J connectivity index is 2.14. The maximum Gasteiger partial charge on any atom is 0.417 e. The number of carbonyl (C=O) groups is 2. The fourth-order valence-electron chi connectivity index (χ4n) is 3.20.